The molecule has 16 nitrogen and oxygen atoms in total. The molecule has 2 unspecified atom stereocenters. The van der Waals surface area contributed by atoms with Crippen LogP contribution >= 0.6 is 0 Å². The Morgan fingerprint density at radius 1 is 0.551 bits per heavy atom. The monoisotopic (exact) mass is 1380 g/mol. The molecule has 12 atom stereocenters. The van der Waals surface area contributed by atoms with Crippen molar-refractivity contribution in [3.8, 4) is 0 Å². The Hall–Kier alpha value is -4.84. The molecule has 3 saturated carbocycles. The Kier molecular flexibility index (Phi) is 41.4. The number of esters is 5. The van der Waals surface area contributed by atoms with Crippen LogP contribution in [0.1, 0.15) is 318 Å². The van der Waals surface area contributed by atoms with Gasteiger partial charge in [-0.25, -0.2) is 4.39 Å². The van der Waals surface area contributed by atoms with Gasteiger partial charge in [-0.15, -0.1) is 0 Å². The van der Waals surface area contributed by atoms with Crippen molar-refractivity contribution >= 4 is 41.4 Å². The van der Waals surface area contributed by atoms with E-state index in [1.165, 1.54) is 31.4 Å². The molecule has 0 heterocycles. The normalized spacial score (nSPS) is 24.8. The summed E-state index contributed by atoms with van der Waals surface area (Å²) >= 11 is 0. The Morgan fingerprint density at radius 3 is 1.54 bits per heavy atom. The smallest absolute Gasteiger partial charge is 0.306 e. The van der Waals surface area contributed by atoms with Crippen molar-refractivity contribution in [1.29, 1.82) is 0 Å². The van der Waals surface area contributed by atoms with Crippen molar-refractivity contribution in [3.63, 3.8) is 0 Å². The van der Waals surface area contributed by atoms with Crippen molar-refractivity contribution in [2.24, 2.45) is 28.6 Å². The highest BCUT2D eigenvalue weighted by molar-refractivity contribution is 6.01. The summed E-state index contributed by atoms with van der Waals surface area (Å²) in [4.78, 5) is 91.1. The van der Waals surface area contributed by atoms with E-state index in [1.807, 2.05) is 6.08 Å². The predicted octanol–water partition coefficient (Wildman–Crippen LogP) is 17.0. The van der Waals surface area contributed by atoms with E-state index in [0.29, 0.717) is 69.8 Å². The lowest BCUT2D eigenvalue weighted by molar-refractivity contribution is -0.220. The molecule has 0 saturated heterocycles. The summed E-state index contributed by atoms with van der Waals surface area (Å²) < 4.78 is 45.8. The van der Waals surface area contributed by atoms with Gasteiger partial charge >= 0.3 is 29.8 Å². The summed E-state index contributed by atoms with van der Waals surface area (Å²) in [7, 11) is 0. The average Bonchev–Trinajstić information content (AvgIpc) is 1.39. The second-order valence-electron chi connectivity index (χ2n) is 29.5. The van der Waals surface area contributed by atoms with Crippen LogP contribution in [0.3, 0.4) is 0 Å². The van der Waals surface area contributed by atoms with E-state index in [0.717, 1.165) is 154 Å². The molecular formula is C81H131FO16. The number of aliphatic hydroxyl groups is 4. The van der Waals surface area contributed by atoms with Gasteiger partial charge in [0, 0.05) is 42.4 Å². The molecule has 17 heteroatoms. The number of hydrogen-bond donors (Lipinski definition) is 4. The standard InChI is InChI=1S/C81H131FO16/c1-7-10-13-33-42-65(84)44-35-26-20-15-17-23-29-38-47-73(88)94-59-68(98-76(91)49-40-31-25-19-21-27-34-43-64(83)41-32-12-9-3)60-95-74(89)48-39-30-24-18-16-22-28-37-46-67(45-36-14-11-8-2)97-77(92)53-52-75(90)96-61-72(87)81(93)62(4)56-70-69-51-50-63-57-66(85)54-55-78(63,5)80(69,82)71(86)58-79(70,81)6/h26-28,34-35,37,54-55,57,62,64-65,67-71,83-84,86,93H,7-25,29-33,36,38-53,56,58-61H2,1-6H3/b34-27-,35-26-,37-28-/t62-,64-,65-,67-,68?,69+,70?,71+,78+,79+,80+,81+/m1/s1. The zero-order chi connectivity index (χ0) is 71.7. The molecule has 0 radical (unpaired) electrons. The number of aliphatic hydroxyl groups excluding tert-OH is 3. The minimum absolute atomic E-state index is 0.193. The molecule has 0 aromatic carbocycles. The number of ether oxygens (including phenoxy) is 5. The Balaban J connectivity index is 1.13. The lowest BCUT2D eigenvalue weighted by Crippen LogP contribution is -2.69. The van der Waals surface area contributed by atoms with Crippen LogP contribution in [-0.4, -0.2) is 123 Å². The Bertz CT molecular complexity index is 2520. The molecule has 4 rings (SSSR count). The quantitative estimate of drug-likeness (QED) is 0.0191. The third kappa shape index (κ3) is 28.9. The summed E-state index contributed by atoms with van der Waals surface area (Å²) in [6, 6.07) is 0. The molecule has 3 fully saturated rings. The molecular weight excluding hydrogens is 1250 g/mol. The van der Waals surface area contributed by atoms with Gasteiger partial charge < -0.3 is 44.1 Å². The van der Waals surface area contributed by atoms with Crippen LogP contribution in [0.2, 0.25) is 0 Å². The average molecular weight is 1380 g/mol. The van der Waals surface area contributed by atoms with E-state index in [2.05, 4.69) is 51.2 Å². The highest BCUT2D eigenvalue weighted by Gasteiger charge is 2.75. The van der Waals surface area contributed by atoms with E-state index in [1.54, 1.807) is 26.8 Å². The lowest BCUT2D eigenvalue weighted by atomic mass is 9.44. The zero-order valence-electron chi connectivity index (χ0n) is 61.4. The van der Waals surface area contributed by atoms with Gasteiger partial charge in [0.2, 0.25) is 5.78 Å². The van der Waals surface area contributed by atoms with Crippen molar-refractivity contribution < 1.29 is 82.1 Å². The number of rotatable bonds is 55. The van der Waals surface area contributed by atoms with Crippen LogP contribution in [-0.2, 0) is 57.2 Å². The van der Waals surface area contributed by atoms with Crippen molar-refractivity contribution in [3.05, 3.63) is 60.3 Å². The zero-order valence-corrected chi connectivity index (χ0v) is 61.4. The predicted molar refractivity (Wildman–Crippen MR) is 382 cm³/mol. The number of fused-ring (bicyclic) bond motifs is 5. The van der Waals surface area contributed by atoms with Gasteiger partial charge in [0.15, 0.2) is 24.2 Å². The maximum Gasteiger partial charge on any atom is 0.306 e. The molecule has 98 heavy (non-hydrogen) atoms. The highest BCUT2D eigenvalue weighted by Crippen LogP contribution is 2.70. The first-order chi connectivity index (χ1) is 47.1. The molecule has 0 aromatic heterocycles. The number of allylic oxidation sites excluding steroid dienone is 7. The van der Waals surface area contributed by atoms with E-state index < -0.39 is 88.3 Å². The second-order valence-corrected chi connectivity index (χ2v) is 29.5. The summed E-state index contributed by atoms with van der Waals surface area (Å²) in [6.07, 6.45) is 45.9. The first-order valence-corrected chi connectivity index (χ1v) is 38.8. The maximum atomic E-state index is 17.6. The third-order valence-electron chi connectivity index (χ3n) is 21.6. The van der Waals surface area contributed by atoms with E-state index in [-0.39, 0.29) is 81.8 Å². The van der Waals surface area contributed by atoms with Gasteiger partial charge in [0.05, 0.1) is 31.2 Å². The number of ketones is 2. The summed E-state index contributed by atoms with van der Waals surface area (Å²) in [6.45, 7) is 10.5. The fourth-order valence-electron chi connectivity index (χ4n) is 15.6. The van der Waals surface area contributed by atoms with Gasteiger partial charge in [-0.05, 0) is 153 Å². The molecule has 0 aliphatic heterocycles. The van der Waals surface area contributed by atoms with Crippen molar-refractivity contribution in [1.82, 2.24) is 0 Å². The Morgan fingerprint density at radius 2 is 0.990 bits per heavy atom. The van der Waals surface area contributed by atoms with Gasteiger partial charge in [0.1, 0.15) is 24.9 Å². The van der Waals surface area contributed by atoms with Crippen LogP contribution < -0.4 is 0 Å². The molecule has 558 valence electrons. The van der Waals surface area contributed by atoms with Gasteiger partial charge in [-0.2, -0.15) is 0 Å². The molecule has 0 spiro atoms. The fraction of sp³-hybridized carbons (Fsp3) is 0.790. The first kappa shape index (κ1) is 85.6. The van der Waals surface area contributed by atoms with E-state index in [9.17, 15) is 54.0 Å². The van der Waals surface area contributed by atoms with E-state index in [4.69, 9.17) is 23.7 Å². The van der Waals surface area contributed by atoms with Gasteiger partial charge in [0.25, 0.3) is 0 Å². The summed E-state index contributed by atoms with van der Waals surface area (Å²) in [5.74, 6) is -5.28. The topological polar surface area (TPSA) is 247 Å². The highest BCUT2D eigenvalue weighted by atomic mass is 19.1. The minimum Gasteiger partial charge on any atom is -0.462 e. The number of hydrogen-bond acceptors (Lipinski definition) is 16. The number of carbonyl (C=O) groups excluding carboxylic acids is 7. The minimum atomic E-state index is -2.12. The van der Waals surface area contributed by atoms with Gasteiger partial charge in [-0.3, -0.25) is 33.6 Å². The molecule has 0 amide bonds. The fourth-order valence-corrected chi connectivity index (χ4v) is 15.6. The number of halogens is 1. The number of alkyl halides is 1. The van der Waals surface area contributed by atoms with Gasteiger partial charge in [-0.1, -0.05) is 198 Å². The SMILES string of the molecule is CCCCCC[C@@H](O)C/C=C\CCCCCCCC(=O)OCC(COC(=O)CCCCCCC/C=C\C[C@@H](CCCCCC)OC(=O)CCC(=O)OCC(=O)[C@@]1(O)[C@H](C)CC2[C@@H]3CCC4=CC(=O)C=C[C@]4(C)[C@@]3(F)[C@@H](O)C[C@@]21C)OC(=O)CCCCCC/C=C\C[C@H](O)CCCCC. The summed E-state index contributed by atoms with van der Waals surface area (Å²) in [5, 5.41) is 44.4. The first-order valence-electron chi connectivity index (χ1n) is 38.8. The molecule has 4 N–H and O–H groups in total. The van der Waals surface area contributed by atoms with Crippen LogP contribution in [0.15, 0.2) is 60.3 Å². The molecule has 0 bridgehead atoms. The molecule has 0 aromatic rings. The van der Waals surface area contributed by atoms with Crippen molar-refractivity contribution in [2.45, 2.75) is 359 Å². The summed E-state index contributed by atoms with van der Waals surface area (Å²) in [5.41, 5.74) is -5.92. The molecule has 4 aliphatic carbocycles. The number of Topliss-reactive ketones (excluding diaryl/α,β-unsaturated/α-hetero) is 1. The largest absolute Gasteiger partial charge is 0.462 e. The second kappa shape index (κ2) is 47.4. The Labute approximate surface area is 589 Å². The number of carbonyl (C=O) groups is 7. The maximum absolute atomic E-state index is 17.6. The van der Waals surface area contributed by atoms with Crippen LogP contribution in [0.25, 0.3) is 0 Å². The lowest BCUT2D eigenvalue weighted by Gasteiger charge is -2.62. The van der Waals surface area contributed by atoms with Crippen LogP contribution in [0, 0.1) is 28.6 Å². The van der Waals surface area contributed by atoms with Crippen molar-refractivity contribution in [2.75, 3.05) is 19.8 Å². The van der Waals surface area contributed by atoms with E-state index >= 15 is 4.39 Å². The van der Waals surface area contributed by atoms with Crippen LogP contribution in [0.4, 0.5) is 4.39 Å². The van der Waals surface area contributed by atoms with Crippen LogP contribution in [0.5, 0.6) is 0 Å². The molecule has 4 aliphatic rings. The number of unbranched alkanes of at least 4 members (excludes halogenated alkanes) is 22. The third-order valence-corrected chi connectivity index (χ3v) is 21.6.